The van der Waals surface area contributed by atoms with Crippen molar-refractivity contribution in [2.24, 2.45) is 0 Å². The number of rotatable bonds is 67. The van der Waals surface area contributed by atoms with E-state index >= 15 is 0 Å². The number of esters is 1. The van der Waals surface area contributed by atoms with Crippen LogP contribution in [-0.4, -0.2) is 47.4 Å². The molecule has 0 aromatic rings. The highest BCUT2D eigenvalue weighted by Crippen LogP contribution is 2.19. The number of carbonyl (C=O) groups excluding carboxylic acids is 2. The highest BCUT2D eigenvalue weighted by Gasteiger charge is 2.18. The lowest BCUT2D eigenvalue weighted by molar-refractivity contribution is -0.143. The molecule has 0 aliphatic carbocycles. The number of aliphatic hydroxyl groups excluding tert-OH is 2. The first-order valence-electron chi connectivity index (χ1n) is 35.5. The van der Waals surface area contributed by atoms with Crippen LogP contribution >= 0.6 is 0 Å². The van der Waals surface area contributed by atoms with Gasteiger partial charge in [-0.2, -0.15) is 0 Å². The minimum Gasteiger partial charge on any atom is -0.466 e. The number of aliphatic hydroxyl groups is 2. The highest BCUT2D eigenvalue weighted by atomic mass is 16.5. The molecule has 2 unspecified atom stereocenters. The lowest BCUT2D eigenvalue weighted by Gasteiger charge is -2.20. The van der Waals surface area contributed by atoms with Crippen LogP contribution in [0.3, 0.4) is 0 Å². The zero-order valence-electron chi connectivity index (χ0n) is 52.5. The summed E-state index contributed by atoms with van der Waals surface area (Å²) in [5.74, 6) is -0.0392. The van der Waals surface area contributed by atoms with Gasteiger partial charge in [0.25, 0.3) is 0 Å². The van der Waals surface area contributed by atoms with E-state index < -0.39 is 12.1 Å². The number of carbonyl (C=O) groups is 2. The average Bonchev–Trinajstić information content (AvgIpc) is 3.43. The summed E-state index contributed by atoms with van der Waals surface area (Å²) < 4.78 is 5.51. The largest absolute Gasteiger partial charge is 0.466 e. The maximum Gasteiger partial charge on any atom is 0.305 e. The number of ether oxygens (including phenoxy) is 1. The van der Waals surface area contributed by atoms with Crippen LogP contribution in [0.2, 0.25) is 0 Å². The number of unbranched alkanes of at least 4 members (excludes halogenated alkanes) is 56. The normalized spacial score (nSPS) is 12.5. The molecule has 0 aliphatic rings. The molecule has 0 spiro atoms. The Bertz CT molecular complexity index is 1160. The van der Waals surface area contributed by atoms with E-state index in [9.17, 15) is 19.8 Å². The molecule has 0 saturated heterocycles. The summed E-state index contributed by atoms with van der Waals surface area (Å²) in [6.45, 7) is 4.95. The van der Waals surface area contributed by atoms with Gasteiger partial charge in [-0.1, -0.05) is 373 Å². The maximum absolute atomic E-state index is 12.5. The summed E-state index contributed by atoms with van der Waals surface area (Å²) in [6, 6.07) is -0.625. The zero-order chi connectivity index (χ0) is 55.7. The zero-order valence-corrected chi connectivity index (χ0v) is 52.5. The van der Waals surface area contributed by atoms with Crippen LogP contribution in [0.5, 0.6) is 0 Å². The van der Waals surface area contributed by atoms with Gasteiger partial charge in [0.1, 0.15) is 0 Å². The monoisotopic (exact) mass is 1090 g/mol. The Balaban J connectivity index is 3.33. The summed E-state index contributed by atoms with van der Waals surface area (Å²) >= 11 is 0. The third kappa shape index (κ3) is 63.6. The standard InChI is InChI=1S/C71H139NO5/c1-3-5-7-9-11-13-15-17-19-20-33-37-41-45-49-53-57-61-65-71(76)77-66-62-58-54-50-46-42-38-34-31-29-27-25-23-21-22-24-26-28-30-32-36-40-44-48-52-56-60-64-70(75)72-68(67-73)69(74)63-59-55-51-47-43-39-35-18-16-14-12-10-8-6-4-2/h59,63,68-69,73-74H,3-58,60-62,64-67H2,1-2H3,(H,72,75)/b63-59+. The van der Waals surface area contributed by atoms with Crippen molar-refractivity contribution in [1.82, 2.24) is 5.32 Å². The lowest BCUT2D eigenvalue weighted by atomic mass is 10.0. The van der Waals surface area contributed by atoms with Crippen LogP contribution in [0.15, 0.2) is 12.2 Å². The van der Waals surface area contributed by atoms with Crippen LogP contribution in [0.25, 0.3) is 0 Å². The summed E-state index contributed by atoms with van der Waals surface area (Å²) in [5.41, 5.74) is 0. The van der Waals surface area contributed by atoms with Gasteiger partial charge >= 0.3 is 5.97 Å². The summed E-state index contributed by atoms with van der Waals surface area (Å²) in [6.07, 6.45) is 82.9. The fourth-order valence-corrected chi connectivity index (χ4v) is 11.4. The van der Waals surface area contributed by atoms with Crippen LogP contribution in [0.1, 0.15) is 406 Å². The Morgan fingerprint density at radius 2 is 0.597 bits per heavy atom. The minimum absolute atomic E-state index is 0.0231. The third-order valence-electron chi connectivity index (χ3n) is 16.8. The van der Waals surface area contributed by atoms with Gasteiger partial charge in [-0.05, 0) is 32.1 Å². The molecule has 77 heavy (non-hydrogen) atoms. The fraction of sp³-hybridized carbons (Fsp3) is 0.944. The van der Waals surface area contributed by atoms with E-state index in [0.29, 0.717) is 19.4 Å². The molecule has 0 bridgehead atoms. The molecule has 6 heteroatoms. The van der Waals surface area contributed by atoms with E-state index in [2.05, 4.69) is 19.2 Å². The second-order valence-electron chi connectivity index (χ2n) is 24.6. The van der Waals surface area contributed by atoms with E-state index in [1.54, 1.807) is 6.08 Å². The number of hydrogen-bond donors (Lipinski definition) is 3. The van der Waals surface area contributed by atoms with Crippen LogP contribution < -0.4 is 5.32 Å². The Hall–Kier alpha value is -1.40. The van der Waals surface area contributed by atoms with Gasteiger partial charge in [-0.15, -0.1) is 0 Å². The van der Waals surface area contributed by atoms with E-state index in [1.807, 2.05) is 6.08 Å². The average molecular weight is 1090 g/mol. The van der Waals surface area contributed by atoms with E-state index in [-0.39, 0.29) is 18.5 Å². The lowest BCUT2D eigenvalue weighted by Crippen LogP contribution is -2.45. The molecule has 0 aliphatic heterocycles. The van der Waals surface area contributed by atoms with Crippen LogP contribution in [-0.2, 0) is 14.3 Å². The SMILES string of the molecule is CCCCCCCCCCCCCCC/C=C/C(O)C(CO)NC(=O)CCCCCCCCCCCCCCCCCCCCCCCCCCCCCOC(=O)CCCCCCCCCCCCCCCCCCCC. The summed E-state index contributed by atoms with van der Waals surface area (Å²) in [7, 11) is 0. The first-order chi connectivity index (χ1) is 38.0. The van der Waals surface area contributed by atoms with Gasteiger partial charge < -0.3 is 20.3 Å². The van der Waals surface area contributed by atoms with Gasteiger partial charge in [0.05, 0.1) is 25.4 Å². The molecule has 1 amide bonds. The molecule has 0 rings (SSSR count). The Labute approximate surface area is 482 Å². The van der Waals surface area contributed by atoms with Gasteiger partial charge in [0, 0.05) is 12.8 Å². The minimum atomic E-state index is -0.842. The third-order valence-corrected chi connectivity index (χ3v) is 16.8. The first-order valence-corrected chi connectivity index (χ1v) is 35.5. The molecular weight excluding hydrogens is 947 g/mol. The fourth-order valence-electron chi connectivity index (χ4n) is 11.4. The van der Waals surface area contributed by atoms with Crippen molar-refractivity contribution < 1.29 is 24.5 Å². The molecular formula is C71H139NO5. The first kappa shape index (κ1) is 75.6. The number of nitrogens with one attached hydrogen (secondary N) is 1. The predicted molar refractivity (Wildman–Crippen MR) is 338 cm³/mol. The van der Waals surface area contributed by atoms with Crippen LogP contribution in [0.4, 0.5) is 0 Å². The van der Waals surface area contributed by atoms with Crippen molar-refractivity contribution in [2.75, 3.05) is 13.2 Å². The van der Waals surface area contributed by atoms with Gasteiger partial charge in [-0.25, -0.2) is 0 Å². The molecule has 2 atom stereocenters. The second-order valence-corrected chi connectivity index (χ2v) is 24.6. The molecule has 0 radical (unpaired) electrons. The molecule has 3 N–H and O–H groups in total. The van der Waals surface area contributed by atoms with E-state index in [1.165, 1.54) is 340 Å². The van der Waals surface area contributed by atoms with Crippen LogP contribution in [0, 0.1) is 0 Å². The Kier molecular flexibility index (Phi) is 65.9. The maximum atomic E-state index is 12.5. The van der Waals surface area contributed by atoms with Gasteiger partial charge in [0.15, 0.2) is 0 Å². The van der Waals surface area contributed by atoms with Crippen molar-refractivity contribution in [3.63, 3.8) is 0 Å². The van der Waals surface area contributed by atoms with Crippen molar-refractivity contribution in [3.05, 3.63) is 12.2 Å². The molecule has 458 valence electrons. The summed E-state index contributed by atoms with van der Waals surface area (Å²) in [5, 5.41) is 23.2. The molecule has 0 heterocycles. The Morgan fingerprint density at radius 1 is 0.351 bits per heavy atom. The molecule has 0 saturated carbocycles. The number of amides is 1. The van der Waals surface area contributed by atoms with Gasteiger partial charge in [-0.3, -0.25) is 9.59 Å². The smallest absolute Gasteiger partial charge is 0.305 e. The van der Waals surface area contributed by atoms with Crippen molar-refractivity contribution in [3.8, 4) is 0 Å². The second kappa shape index (κ2) is 67.1. The molecule has 0 aromatic carbocycles. The van der Waals surface area contributed by atoms with Crippen molar-refractivity contribution in [1.29, 1.82) is 0 Å². The Morgan fingerprint density at radius 3 is 0.883 bits per heavy atom. The molecule has 6 nitrogen and oxygen atoms in total. The highest BCUT2D eigenvalue weighted by molar-refractivity contribution is 5.76. The molecule has 0 aromatic heterocycles. The quantitative estimate of drug-likeness (QED) is 0.0320. The van der Waals surface area contributed by atoms with E-state index in [4.69, 9.17) is 4.74 Å². The molecule has 0 fully saturated rings. The number of hydrogen-bond acceptors (Lipinski definition) is 5. The predicted octanol–water partition coefficient (Wildman–Crippen LogP) is 22.8. The van der Waals surface area contributed by atoms with E-state index in [0.717, 1.165) is 38.5 Å². The topological polar surface area (TPSA) is 95.9 Å². The van der Waals surface area contributed by atoms with Gasteiger partial charge in [0.2, 0.25) is 5.91 Å². The van der Waals surface area contributed by atoms with Crippen molar-refractivity contribution >= 4 is 11.9 Å². The van der Waals surface area contributed by atoms with Crippen molar-refractivity contribution in [2.45, 2.75) is 418 Å². The summed E-state index contributed by atoms with van der Waals surface area (Å²) in [4.78, 5) is 24.6. The number of allylic oxidation sites excluding steroid dienone is 1.